The molecule has 1 rings (SSSR count). The topological polar surface area (TPSA) is 40.5 Å². The molecule has 0 radical (unpaired) electrons. The van der Waals surface area contributed by atoms with Crippen LogP contribution >= 0.6 is 0 Å². The molecule has 3 heteroatoms. The Balaban J connectivity index is 2.61. The average molecular weight is 227 g/mol. The van der Waals surface area contributed by atoms with E-state index in [0.717, 1.165) is 19.5 Å². The Morgan fingerprint density at radius 2 is 1.81 bits per heavy atom. The van der Waals surface area contributed by atoms with Crippen LogP contribution in [-0.4, -0.2) is 35.1 Å². The van der Waals surface area contributed by atoms with E-state index in [4.69, 9.17) is 5.11 Å². The van der Waals surface area contributed by atoms with Crippen LogP contribution in [0.4, 0.5) is 0 Å². The Morgan fingerprint density at radius 3 is 2.25 bits per heavy atom. The van der Waals surface area contributed by atoms with E-state index in [1.165, 1.54) is 25.7 Å². The summed E-state index contributed by atoms with van der Waals surface area (Å²) in [5.41, 5.74) is 0. The number of carboxylic acid groups (broad SMARTS) is 1. The second-order valence-corrected chi connectivity index (χ2v) is 5.00. The van der Waals surface area contributed by atoms with Gasteiger partial charge in [-0.2, -0.15) is 0 Å². The molecule has 1 aliphatic rings. The molecule has 0 aliphatic carbocycles. The van der Waals surface area contributed by atoms with Gasteiger partial charge in [-0.05, 0) is 31.8 Å². The smallest absolute Gasteiger partial charge is 0.304 e. The van der Waals surface area contributed by atoms with Crippen molar-refractivity contribution in [2.45, 2.75) is 58.4 Å². The molecule has 0 aromatic carbocycles. The van der Waals surface area contributed by atoms with Crippen molar-refractivity contribution in [1.29, 1.82) is 0 Å². The predicted octanol–water partition coefficient (Wildman–Crippen LogP) is 2.75. The molecular weight excluding hydrogens is 202 g/mol. The van der Waals surface area contributed by atoms with Crippen LogP contribution in [0.1, 0.15) is 52.4 Å². The quantitative estimate of drug-likeness (QED) is 0.785. The van der Waals surface area contributed by atoms with Gasteiger partial charge < -0.3 is 5.11 Å². The first-order valence-corrected chi connectivity index (χ1v) is 6.61. The van der Waals surface area contributed by atoms with Gasteiger partial charge in [0, 0.05) is 6.04 Å². The van der Waals surface area contributed by atoms with E-state index in [9.17, 15) is 4.79 Å². The Hall–Kier alpha value is -0.570. The first kappa shape index (κ1) is 13.5. The first-order valence-electron chi connectivity index (χ1n) is 6.61. The lowest BCUT2D eigenvalue weighted by molar-refractivity contribution is -0.139. The highest BCUT2D eigenvalue weighted by atomic mass is 16.4. The highest BCUT2D eigenvalue weighted by Crippen LogP contribution is 2.21. The van der Waals surface area contributed by atoms with Crippen molar-refractivity contribution in [2.24, 2.45) is 5.92 Å². The molecule has 0 amide bonds. The van der Waals surface area contributed by atoms with Crippen LogP contribution in [0.5, 0.6) is 0 Å². The van der Waals surface area contributed by atoms with E-state index in [1.54, 1.807) is 0 Å². The SMILES string of the molecule is CCC(C)C(CC(=O)O)N1CCCCCC1. The van der Waals surface area contributed by atoms with Gasteiger partial charge in [-0.25, -0.2) is 0 Å². The standard InChI is InChI=1S/C13H25NO2/c1-3-11(2)12(10-13(15)16)14-8-6-4-5-7-9-14/h11-12H,3-10H2,1-2H3,(H,15,16). The van der Waals surface area contributed by atoms with Crippen molar-refractivity contribution in [3.8, 4) is 0 Å². The van der Waals surface area contributed by atoms with Crippen LogP contribution in [0.2, 0.25) is 0 Å². The number of rotatable bonds is 5. The third kappa shape index (κ3) is 4.12. The van der Waals surface area contributed by atoms with Crippen LogP contribution in [0.25, 0.3) is 0 Å². The fraction of sp³-hybridized carbons (Fsp3) is 0.923. The van der Waals surface area contributed by atoms with Crippen LogP contribution in [0, 0.1) is 5.92 Å². The number of hydrogen-bond donors (Lipinski definition) is 1. The molecule has 0 saturated carbocycles. The molecule has 2 unspecified atom stereocenters. The largest absolute Gasteiger partial charge is 0.481 e. The molecule has 1 N–H and O–H groups in total. The van der Waals surface area contributed by atoms with Gasteiger partial charge in [0.25, 0.3) is 0 Å². The molecule has 0 aromatic heterocycles. The molecule has 3 nitrogen and oxygen atoms in total. The van der Waals surface area contributed by atoms with Gasteiger partial charge in [-0.1, -0.05) is 33.1 Å². The maximum Gasteiger partial charge on any atom is 0.304 e. The number of carbonyl (C=O) groups is 1. The summed E-state index contributed by atoms with van der Waals surface area (Å²) in [5, 5.41) is 9.00. The van der Waals surface area contributed by atoms with Gasteiger partial charge in [-0.3, -0.25) is 9.69 Å². The molecule has 1 fully saturated rings. The predicted molar refractivity (Wildman–Crippen MR) is 65.5 cm³/mol. The maximum atomic E-state index is 10.9. The summed E-state index contributed by atoms with van der Waals surface area (Å²) in [5.74, 6) is -0.177. The Morgan fingerprint density at radius 1 is 1.25 bits per heavy atom. The monoisotopic (exact) mass is 227 g/mol. The average Bonchev–Trinajstić information content (AvgIpc) is 2.53. The summed E-state index contributed by atoms with van der Waals surface area (Å²) in [6.45, 7) is 6.50. The van der Waals surface area contributed by atoms with Gasteiger partial charge in [0.15, 0.2) is 0 Å². The highest BCUT2D eigenvalue weighted by molar-refractivity contribution is 5.67. The molecule has 2 atom stereocenters. The van der Waals surface area contributed by atoms with Crippen LogP contribution in [0.3, 0.4) is 0 Å². The van der Waals surface area contributed by atoms with Crippen LogP contribution in [0.15, 0.2) is 0 Å². The zero-order chi connectivity index (χ0) is 12.0. The number of carboxylic acids is 1. The minimum absolute atomic E-state index is 0.237. The van der Waals surface area contributed by atoms with Crippen molar-refractivity contribution in [1.82, 2.24) is 4.90 Å². The lowest BCUT2D eigenvalue weighted by atomic mass is 9.94. The number of hydrogen-bond acceptors (Lipinski definition) is 2. The van der Waals surface area contributed by atoms with E-state index in [2.05, 4.69) is 18.7 Å². The minimum atomic E-state index is -0.658. The van der Waals surface area contributed by atoms with E-state index >= 15 is 0 Å². The van der Waals surface area contributed by atoms with E-state index in [1.807, 2.05) is 0 Å². The summed E-state index contributed by atoms with van der Waals surface area (Å²) in [6, 6.07) is 0.237. The molecule has 16 heavy (non-hydrogen) atoms. The van der Waals surface area contributed by atoms with Gasteiger partial charge in [0.2, 0.25) is 0 Å². The summed E-state index contributed by atoms with van der Waals surface area (Å²) in [6.07, 6.45) is 6.43. The molecule has 1 saturated heterocycles. The van der Waals surface area contributed by atoms with Crippen LogP contribution in [-0.2, 0) is 4.79 Å². The first-order chi connectivity index (χ1) is 7.65. The van der Waals surface area contributed by atoms with Gasteiger partial charge in [0.05, 0.1) is 6.42 Å². The molecule has 94 valence electrons. The summed E-state index contributed by atoms with van der Waals surface area (Å²) in [7, 11) is 0. The van der Waals surface area contributed by atoms with E-state index < -0.39 is 5.97 Å². The second-order valence-electron chi connectivity index (χ2n) is 5.00. The molecule has 0 spiro atoms. The van der Waals surface area contributed by atoms with E-state index in [-0.39, 0.29) is 6.04 Å². The van der Waals surface area contributed by atoms with E-state index in [0.29, 0.717) is 12.3 Å². The summed E-state index contributed by atoms with van der Waals surface area (Å²) >= 11 is 0. The lowest BCUT2D eigenvalue weighted by Crippen LogP contribution is -2.41. The minimum Gasteiger partial charge on any atom is -0.481 e. The van der Waals surface area contributed by atoms with Gasteiger partial charge in [-0.15, -0.1) is 0 Å². The lowest BCUT2D eigenvalue weighted by Gasteiger charge is -2.33. The Bertz CT molecular complexity index is 210. The highest BCUT2D eigenvalue weighted by Gasteiger charge is 2.26. The Kier molecular flexibility index (Phi) is 5.81. The van der Waals surface area contributed by atoms with Crippen molar-refractivity contribution >= 4 is 5.97 Å². The van der Waals surface area contributed by atoms with Crippen molar-refractivity contribution in [3.05, 3.63) is 0 Å². The van der Waals surface area contributed by atoms with Gasteiger partial charge >= 0.3 is 5.97 Å². The second kappa shape index (κ2) is 6.89. The molecule has 0 aromatic rings. The number of aliphatic carboxylic acids is 1. The summed E-state index contributed by atoms with van der Waals surface area (Å²) in [4.78, 5) is 13.3. The third-order valence-electron chi connectivity index (χ3n) is 3.79. The zero-order valence-electron chi connectivity index (χ0n) is 10.6. The van der Waals surface area contributed by atoms with Crippen LogP contribution < -0.4 is 0 Å². The normalized spacial score (nSPS) is 22.4. The van der Waals surface area contributed by atoms with Crippen molar-refractivity contribution in [3.63, 3.8) is 0 Å². The van der Waals surface area contributed by atoms with Crippen molar-refractivity contribution in [2.75, 3.05) is 13.1 Å². The molecule has 1 aliphatic heterocycles. The zero-order valence-corrected chi connectivity index (χ0v) is 10.6. The third-order valence-corrected chi connectivity index (χ3v) is 3.79. The fourth-order valence-electron chi connectivity index (χ4n) is 2.57. The molecule has 1 heterocycles. The number of nitrogens with zero attached hydrogens (tertiary/aromatic N) is 1. The summed E-state index contributed by atoms with van der Waals surface area (Å²) < 4.78 is 0. The van der Waals surface area contributed by atoms with Gasteiger partial charge in [0.1, 0.15) is 0 Å². The number of likely N-dealkylation sites (tertiary alicyclic amines) is 1. The fourth-order valence-corrected chi connectivity index (χ4v) is 2.57. The maximum absolute atomic E-state index is 10.9. The molecule has 0 bridgehead atoms. The van der Waals surface area contributed by atoms with Crippen molar-refractivity contribution < 1.29 is 9.90 Å². The Labute approximate surface area is 98.8 Å². The molecular formula is C13H25NO2.